The van der Waals surface area contributed by atoms with Gasteiger partial charge in [-0.1, -0.05) is 19.1 Å². The van der Waals surface area contributed by atoms with Crippen molar-refractivity contribution in [3.05, 3.63) is 35.3 Å². The Labute approximate surface area is 118 Å². The first-order chi connectivity index (χ1) is 9.19. The molecule has 1 N–H and O–H groups in total. The summed E-state index contributed by atoms with van der Waals surface area (Å²) in [6.45, 7) is 7.95. The maximum Gasteiger partial charge on any atom is 0.123 e. The van der Waals surface area contributed by atoms with Crippen molar-refractivity contribution in [2.45, 2.75) is 33.4 Å². The zero-order valence-electron chi connectivity index (χ0n) is 11.6. The van der Waals surface area contributed by atoms with Crippen LogP contribution in [-0.4, -0.2) is 17.6 Å². The van der Waals surface area contributed by atoms with Gasteiger partial charge in [0.2, 0.25) is 0 Å². The van der Waals surface area contributed by atoms with E-state index in [9.17, 15) is 0 Å². The molecule has 4 heteroatoms. The van der Waals surface area contributed by atoms with Crippen molar-refractivity contribution < 1.29 is 4.74 Å². The highest BCUT2D eigenvalue weighted by Gasteiger charge is 2.06. The molecule has 1 aromatic carbocycles. The van der Waals surface area contributed by atoms with Crippen LogP contribution < -0.4 is 10.1 Å². The van der Waals surface area contributed by atoms with Crippen LogP contribution in [0.2, 0.25) is 0 Å². The molecular formula is C15H20N2OS. The smallest absolute Gasteiger partial charge is 0.123 e. The van der Waals surface area contributed by atoms with Crippen molar-refractivity contribution in [2.75, 3.05) is 6.54 Å². The van der Waals surface area contributed by atoms with Crippen LogP contribution in [0.15, 0.2) is 29.6 Å². The van der Waals surface area contributed by atoms with Gasteiger partial charge in [-0.2, -0.15) is 0 Å². The summed E-state index contributed by atoms with van der Waals surface area (Å²) in [6.07, 6.45) is 0.191. The van der Waals surface area contributed by atoms with Crippen molar-refractivity contribution in [2.24, 2.45) is 0 Å². The second-order valence-corrected chi connectivity index (χ2v) is 5.48. The minimum atomic E-state index is 0.191. The molecule has 0 unspecified atom stereocenters. The molecule has 0 spiro atoms. The van der Waals surface area contributed by atoms with Crippen LogP contribution in [-0.2, 0) is 6.54 Å². The number of hydrogen-bond acceptors (Lipinski definition) is 4. The lowest BCUT2D eigenvalue weighted by molar-refractivity contribution is 0.242. The van der Waals surface area contributed by atoms with Crippen molar-refractivity contribution in [1.82, 2.24) is 10.3 Å². The lowest BCUT2D eigenvalue weighted by Crippen LogP contribution is -2.11. The molecule has 19 heavy (non-hydrogen) atoms. The van der Waals surface area contributed by atoms with E-state index in [0.29, 0.717) is 0 Å². The number of hydrogen-bond donors (Lipinski definition) is 1. The summed E-state index contributed by atoms with van der Waals surface area (Å²) in [5.74, 6) is 0.899. The Morgan fingerprint density at radius 3 is 2.95 bits per heavy atom. The van der Waals surface area contributed by atoms with Gasteiger partial charge in [-0.05, 0) is 32.5 Å². The molecule has 1 aromatic heterocycles. The molecule has 3 nitrogen and oxygen atoms in total. The lowest BCUT2D eigenvalue weighted by Gasteiger charge is -2.10. The molecule has 0 bridgehead atoms. The van der Waals surface area contributed by atoms with Gasteiger partial charge in [0.05, 0.1) is 11.8 Å². The standard InChI is InChI=1S/C15H20N2OS/c1-4-16-9-13-10-19-15(17-13)12-6-5-7-14(8-12)18-11(2)3/h5-8,10-11,16H,4,9H2,1-3H3. The average molecular weight is 276 g/mol. The Balaban J connectivity index is 2.14. The van der Waals surface area contributed by atoms with Crippen LogP contribution in [0.1, 0.15) is 26.5 Å². The maximum atomic E-state index is 5.71. The number of rotatable bonds is 6. The third kappa shape index (κ3) is 4.04. The van der Waals surface area contributed by atoms with Gasteiger partial charge in [0.25, 0.3) is 0 Å². The van der Waals surface area contributed by atoms with Crippen LogP contribution in [0.4, 0.5) is 0 Å². The number of aromatic nitrogens is 1. The van der Waals surface area contributed by atoms with Gasteiger partial charge in [0.1, 0.15) is 10.8 Å². The van der Waals surface area contributed by atoms with Gasteiger partial charge in [0.15, 0.2) is 0 Å². The molecule has 2 aromatic rings. The fraction of sp³-hybridized carbons (Fsp3) is 0.400. The van der Waals surface area contributed by atoms with E-state index in [1.165, 1.54) is 0 Å². The summed E-state index contributed by atoms with van der Waals surface area (Å²) in [5.41, 5.74) is 2.21. The zero-order chi connectivity index (χ0) is 13.7. The van der Waals surface area contributed by atoms with Crippen molar-refractivity contribution in [3.8, 4) is 16.3 Å². The van der Waals surface area contributed by atoms with Crippen molar-refractivity contribution >= 4 is 11.3 Å². The fourth-order valence-electron chi connectivity index (χ4n) is 1.75. The van der Waals surface area contributed by atoms with Crippen molar-refractivity contribution in [1.29, 1.82) is 0 Å². The molecule has 1 heterocycles. The second-order valence-electron chi connectivity index (χ2n) is 4.62. The monoisotopic (exact) mass is 276 g/mol. The Bertz CT molecular complexity index is 522. The van der Waals surface area contributed by atoms with E-state index in [4.69, 9.17) is 4.74 Å². The van der Waals surface area contributed by atoms with Crippen molar-refractivity contribution in [3.63, 3.8) is 0 Å². The summed E-state index contributed by atoms with van der Waals surface area (Å²) >= 11 is 1.67. The highest BCUT2D eigenvalue weighted by atomic mass is 32.1. The Morgan fingerprint density at radius 1 is 1.37 bits per heavy atom. The predicted octanol–water partition coefficient (Wildman–Crippen LogP) is 3.71. The predicted molar refractivity (Wildman–Crippen MR) is 80.7 cm³/mol. The van der Waals surface area contributed by atoms with Crippen LogP contribution in [0.25, 0.3) is 10.6 Å². The fourth-order valence-corrected chi connectivity index (χ4v) is 2.57. The molecule has 0 aliphatic rings. The first-order valence-electron chi connectivity index (χ1n) is 6.61. The molecule has 0 radical (unpaired) electrons. The Kier molecular flexibility index (Phi) is 4.93. The highest BCUT2D eigenvalue weighted by molar-refractivity contribution is 7.13. The summed E-state index contributed by atoms with van der Waals surface area (Å²) in [5, 5.41) is 6.44. The van der Waals surface area contributed by atoms with Crippen LogP contribution in [0, 0.1) is 0 Å². The van der Waals surface area contributed by atoms with E-state index in [1.807, 2.05) is 26.0 Å². The molecular weight excluding hydrogens is 256 g/mol. The average Bonchev–Trinajstić information content (AvgIpc) is 2.84. The number of nitrogens with zero attached hydrogens (tertiary/aromatic N) is 1. The van der Waals surface area contributed by atoms with Gasteiger partial charge in [0, 0.05) is 17.5 Å². The summed E-state index contributed by atoms with van der Waals surface area (Å²) in [4.78, 5) is 4.64. The maximum absolute atomic E-state index is 5.71. The third-order valence-electron chi connectivity index (χ3n) is 2.56. The topological polar surface area (TPSA) is 34.1 Å². The number of thiazole rings is 1. The highest BCUT2D eigenvalue weighted by Crippen LogP contribution is 2.27. The van der Waals surface area contributed by atoms with E-state index in [1.54, 1.807) is 11.3 Å². The Hall–Kier alpha value is -1.39. The zero-order valence-corrected chi connectivity index (χ0v) is 12.5. The van der Waals surface area contributed by atoms with E-state index in [-0.39, 0.29) is 6.10 Å². The third-order valence-corrected chi connectivity index (χ3v) is 3.50. The first kappa shape index (κ1) is 14.0. The minimum Gasteiger partial charge on any atom is -0.491 e. The van der Waals surface area contributed by atoms with Gasteiger partial charge >= 0.3 is 0 Å². The molecule has 0 saturated carbocycles. The molecule has 0 aliphatic heterocycles. The number of ether oxygens (including phenoxy) is 1. The molecule has 0 aliphatic carbocycles. The van der Waals surface area contributed by atoms with Crippen LogP contribution in [0.5, 0.6) is 5.75 Å². The van der Waals surface area contributed by atoms with Crippen LogP contribution in [0.3, 0.4) is 0 Å². The van der Waals surface area contributed by atoms with Gasteiger partial charge in [-0.3, -0.25) is 0 Å². The summed E-state index contributed by atoms with van der Waals surface area (Å²) in [7, 11) is 0. The molecule has 0 amide bonds. The first-order valence-corrected chi connectivity index (χ1v) is 7.49. The quantitative estimate of drug-likeness (QED) is 0.873. The molecule has 2 rings (SSSR count). The Morgan fingerprint density at radius 2 is 2.21 bits per heavy atom. The summed E-state index contributed by atoms with van der Waals surface area (Å²) in [6, 6.07) is 8.12. The van der Waals surface area contributed by atoms with Crippen LogP contribution >= 0.6 is 11.3 Å². The van der Waals surface area contributed by atoms with E-state index < -0.39 is 0 Å². The van der Waals surface area contributed by atoms with Gasteiger partial charge in [-0.25, -0.2) is 4.98 Å². The second kappa shape index (κ2) is 6.68. The lowest BCUT2D eigenvalue weighted by atomic mass is 10.2. The minimum absolute atomic E-state index is 0.191. The normalized spacial score (nSPS) is 10.9. The number of nitrogens with one attached hydrogen (secondary N) is 1. The van der Waals surface area contributed by atoms with Gasteiger partial charge < -0.3 is 10.1 Å². The number of benzene rings is 1. The van der Waals surface area contributed by atoms with E-state index >= 15 is 0 Å². The largest absolute Gasteiger partial charge is 0.491 e. The SMILES string of the molecule is CCNCc1csc(-c2cccc(OC(C)C)c2)n1. The van der Waals surface area contributed by atoms with E-state index in [0.717, 1.165) is 35.1 Å². The molecule has 0 fully saturated rings. The van der Waals surface area contributed by atoms with E-state index in [2.05, 4.69) is 34.7 Å². The van der Waals surface area contributed by atoms with Gasteiger partial charge in [-0.15, -0.1) is 11.3 Å². The molecule has 102 valence electrons. The molecule has 0 saturated heterocycles. The summed E-state index contributed by atoms with van der Waals surface area (Å²) < 4.78 is 5.71. The molecule has 0 atom stereocenters.